The number of fused-ring (bicyclic) bond motifs is 1. The summed E-state index contributed by atoms with van der Waals surface area (Å²) in [7, 11) is 0. The SMILES string of the molecule is CCOC(=O)\C=C(C)/C=C/C=C(\C)C1=Cc2cc(-c3ccccc3)ccc2OC1. The second-order valence-corrected chi connectivity index (χ2v) is 6.93. The number of hydrogen-bond donors (Lipinski definition) is 0. The maximum absolute atomic E-state index is 11.5. The first kappa shape index (κ1) is 20.4. The summed E-state index contributed by atoms with van der Waals surface area (Å²) in [4.78, 5) is 11.5. The molecule has 0 unspecified atom stereocenters. The Kier molecular flexibility index (Phi) is 6.85. The topological polar surface area (TPSA) is 35.5 Å². The van der Waals surface area contributed by atoms with Crippen LogP contribution in [0, 0.1) is 0 Å². The van der Waals surface area contributed by atoms with Gasteiger partial charge < -0.3 is 9.47 Å². The van der Waals surface area contributed by atoms with Crippen molar-refractivity contribution in [3.05, 3.63) is 95.1 Å². The Morgan fingerprint density at radius 2 is 1.90 bits per heavy atom. The zero-order valence-electron chi connectivity index (χ0n) is 17.1. The van der Waals surface area contributed by atoms with Crippen molar-refractivity contribution >= 4 is 12.0 Å². The molecule has 2 aromatic rings. The second-order valence-electron chi connectivity index (χ2n) is 6.93. The van der Waals surface area contributed by atoms with Crippen LogP contribution < -0.4 is 4.74 Å². The minimum absolute atomic E-state index is 0.315. The summed E-state index contributed by atoms with van der Waals surface area (Å²) >= 11 is 0. The molecule has 0 aliphatic carbocycles. The molecule has 1 heterocycles. The van der Waals surface area contributed by atoms with Gasteiger partial charge in [0, 0.05) is 11.6 Å². The first-order valence-corrected chi connectivity index (χ1v) is 9.80. The summed E-state index contributed by atoms with van der Waals surface area (Å²) in [6.45, 7) is 6.67. The van der Waals surface area contributed by atoms with E-state index in [0.29, 0.717) is 13.2 Å². The predicted molar refractivity (Wildman–Crippen MR) is 119 cm³/mol. The Morgan fingerprint density at radius 1 is 1.10 bits per heavy atom. The smallest absolute Gasteiger partial charge is 0.330 e. The fraction of sp³-hybridized carbons (Fsp3) is 0.192. The van der Waals surface area contributed by atoms with Crippen LogP contribution in [-0.4, -0.2) is 19.2 Å². The molecule has 0 radical (unpaired) electrons. The summed E-state index contributed by atoms with van der Waals surface area (Å²) in [5, 5.41) is 0. The van der Waals surface area contributed by atoms with Crippen molar-refractivity contribution in [2.75, 3.05) is 13.2 Å². The van der Waals surface area contributed by atoms with Crippen molar-refractivity contribution in [1.82, 2.24) is 0 Å². The summed E-state index contributed by atoms with van der Waals surface area (Å²) in [5.74, 6) is 0.592. The lowest BCUT2D eigenvalue weighted by atomic mass is 9.97. The van der Waals surface area contributed by atoms with E-state index in [1.807, 2.05) is 49.4 Å². The van der Waals surface area contributed by atoms with Gasteiger partial charge in [-0.1, -0.05) is 54.6 Å². The number of rotatable bonds is 6. The normalized spacial score (nSPS) is 14.2. The fourth-order valence-corrected chi connectivity index (χ4v) is 3.08. The zero-order valence-corrected chi connectivity index (χ0v) is 17.1. The minimum atomic E-state index is -0.315. The van der Waals surface area contributed by atoms with Gasteiger partial charge >= 0.3 is 5.97 Å². The number of ether oxygens (including phenoxy) is 2. The van der Waals surface area contributed by atoms with Gasteiger partial charge in [0.05, 0.1) is 6.61 Å². The maximum Gasteiger partial charge on any atom is 0.330 e. The van der Waals surface area contributed by atoms with Crippen LogP contribution in [-0.2, 0) is 9.53 Å². The van der Waals surface area contributed by atoms with E-state index in [4.69, 9.17) is 9.47 Å². The molecule has 0 bridgehead atoms. The molecule has 3 nitrogen and oxygen atoms in total. The molecule has 29 heavy (non-hydrogen) atoms. The van der Waals surface area contributed by atoms with Gasteiger partial charge in [0.1, 0.15) is 12.4 Å². The third kappa shape index (κ3) is 5.58. The number of carbonyl (C=O) groups is 1. The molecule has 3 rings (SSSR count). The first-order valence-electron chi connectivity index (χ1n) is 9.80. The highest BCUT2D eigenvalue weighted by Gasteiger charge is 2.13. The fourth-order valence-electron chi connectivity index (χ4n) is 3.08. The van der Waals surface area contributed by atoms with E-state index in [1.165, 1.54) is 17.2 Å². The third-order valence-electron chi connectivity index (χ3n) is 4.67. The molecule has 0 fully saturated rings. The highest BCUT2D eigenvalue weighted by atomic mass is 16.5. The molecule has 0 atom stereocenters. The third-order valence-corrected chi connectivity index (χ3v) is 4.67. The van der Waals surface area contributed by atoms with Gasteiger partial charge in [-0.25, -0.2) is 4.79 Å². The lowest BCUT2D eigenvalue weighted by molar-refractivity contribution is -0.137. The molecule has 1 aliphatic rings. The van der Waals surface area contributed by atoms with Crippen molar-refractivity contribution in [3.8, 4) is 16.9 Å². The average molecular weight is 386 g/mol. The van der Waals surface area contributed by atoms with Crippen LogP contribution in [0.4, 0.5) is 0 Å². The van der Waals surface area contributed by atoms with E-state index >= 15 is 0 Å². The lowest BCUT2D eigenvalue weighted by Gasteiger charge is -2.19. The van der Waals surface area contributed by atoms with Crippen molar-refractivity contribution in [3.63, 3.8) is 0 Å². The largest absolute Gasteiger partial charge is 0.488 e. The second kappa shape index (κ2) is 9.74. The molecular weight excluding hydrogens is 360 g/mol. The molecule has 0 N–H and O–H groups in total. The van der Waals surface area contributed by atoms with Crippen LogP contribution in [0.1, 0.15) is 26.3 Å². The van der Waals surface area contributed by atoms with Crippen LogP contribution in [0.15, 0.2) is 89.6 Å². The van der Waals surface area contributed by atoms with Gasteiger partial charge in [0.15, 0.2) is 0 Å². The van der Waals surface area contributed by atoms with Crippen LogP contribution >= 0.6 is 0 Å². The van der Waals surface area contributed by atoms with Gasteiger partial charge in [-0.05, 0) is 66.8 Å². The average Bonchev–Trinajstić information content (AvgIpc) is 2.73. The molecule has 1 aliphatic heterocycles. The summed E-state index contributed by atoms with van der Waals surface area (Å²) < 4.78 is 10.9. The van der Waals surface area contributed by atoms with Crippen molar-refractivity contribution in [1.29, 1.82) is 0 Å². The number of allylic oxidation sites excluding steroid dienone is 4. The monoisotopic (exact) mass is 386 g/mol. The molecule has 2 aromatic carbocycles. The summed E-state index contributed by atoms with van der Waals surface area (Å²) in [5.41, 5.74) is 6.56. The molecule has 0 saturated carbocycles. The minimum Gasteiger partial charge on any atom is -0.488 e. The van der Waals surface area contributed by atoms with Crippen LogP contribution in [0.3, 0.4) is 0 Å². The Balaban J connectivity index is 1.77. The molecule has 0 saturated heterocycles. The van der Waals surface area contributed by atoms with E-state index in [0.717, 1.165) is 28.0 Å². The standard InChI is InChI=1S/C26H26O3/c1-4-28-26(27)15-19(2)9-8-10-20(3)24-17-23-16-22(13-14-25(23)29-18-24)21-11-6-5-7-12-21/h5-17H,4,18H2,1-3H3/b9-8+,19-15-,20-10+. The molecule has 148 valence electrons. The molecular formula is C26H26O3. The predicted octanol–water partition coefficient (Wildman–Crippen LogP) is 6.14. The van der Waals surface area contributed by atoms with Gasteiger partial charge in [-0.3, -0.25) is 0 Å². The lowest BCUT2D eigenvalue weighted by Crippen LogP contribution is -2.08. The Morgan fingerprint density at radius 3 is 2.66 bits per heavy atom. The molecule has 3 heteroatoms. The molecule has 0 spiro atoms. The van der Waals surface area contributed by atoms with E-state index in [-0.39, 0.29) is 5.97 Å². The highest BCUT2D eigenvalue weighted by Crippen LogP contribution is 2.32. The van der Waals surface area contributed by atoms with Crippen LogP contribution in [0.25, 0.3) is 17.2 Å². The number of esters is 1. The number of carbonyl (C=O) groups excluding carboxylic acids is 1. The zero-order chi connectivity index (χ0) is 20.6. The molecule has 0 amide bonds. The summed E-state index contributed by atoms with van der Waals surface area (Å²) in [6, 6.07) is 16.6. The van der Waals surface area contributed by atoms with Crippen molar-refractivity contribution in [2.24, 2.45) is 0 Å². The van der Waals surface area contributed by atoms with Gasteiger partial charge in [-0.15, -0.1) is 0 Å². The van der Waals surface area contributed by atoms with E-state index in [9.17, 15) is 4.79 Å². The van der Waals surface area contributed by atoms with Crippen molar-refractivity contribution < 1.29 is 14.3 Å². The van der Waals surface area contributed by atoms with E-state index < -0.39 is 0 Å². The van der Waals surface area contributed by atoms with Crippen molar-refractivity contribution in [2.45, 2.75) is 20.8 Å². The Bertz CT molecular complexity index is 992. The van der Waals surface area contributed by atoms with Crippen LogP contribution in [0.5, 0.6) is 5.75 Å². The van der Waals surface area contributed by atoms with Gasteiger partial charge in [0.25, 0.3) is 0 Å². The van der Waals surface area contributed by atoms with Crippen LogP contribution in [0.2, 0.25) is 0 Å². The Labute approximate surface area is 172 Å². The highest BCUT2D eigenvalue weighted by molar-refractivity contribution is 5.83. The summed E-state index contributed by atoms with van der Waals surface area (Å²) in [6.07, 6.45) is 9.55. The first-order chi connectivity index (χ1) is 14.1. The van der Waals surface area contributed by atoms with E-state index in [2.05, 4.69) is 37.3 Å². The van der Waals surface area contributed by atoms with Gasteiger partial charge in [0.2, 0.25) is 0 Å². The Hall–Kier alpha value is -3.33. The van der Waals surface area contributed by atoms with E-state index in [1.54, 1.807) is 6.92 Å². The maximum atomic E-state index is 11.5. The number of hydrogen-bond acceptors (Lipinski definition) is 3. The number of benzene rings is 2. The van der Waals surface area contributed by atoms with Gasteiger partial charge in [-0.2, -0.15) is 0 Å². The molecule has 0 aromatic heterocycles. The quantitative estimate of drug-likeness (QED) is 0.340.